The van der Waals surface area contributed by atoms with Crippen molar-refractivity contribution in [1.82, 2.24) is 5.32 Å². The van der Waals surface area contributed by atoms with Crippen LogP contribution < -0.4 is 15.8 Å². The number of amides is 1. The van der Waals surface area contributed by atoms with E-state index in [-0.39, 0.29) is 29.8 Å². The molecule has 0 aromatic heterocycles. The molecule has 0 saturated carbocycles. The van der Waals surface area contributed by atoms with E-state index in [1.165, 1.54) is 12.1 Å². The Hall–Kier alpha value is -1.62. The van der Waals surface area contributed by atoms with Crippen molar-refractivity contribution >= 4 is 5.91 Å². The van der Waals surface area contributed by atoms with Gasteiger partial charge in [0.2, 0.25) is 0 Å². The number of benzene rings is 1. The third kappa shape index (κ3) is 4.81. The molecule has 0 saturated heterocycles. The van der Waals surface area contributed by atoms with E-state index in [1.54, 1.807) is 13.0 Å². The summed E-state index contributed by atoms with van der Waals surface area (Å²) in [5.41, 5.74) is 6.06. The Kier molecular flexibility index (Phi) is 5.51. The topological polar surface area (TPSA) is 64.3 Å². The fraction of sp³-hybridized carbons (Fsp3) is 0.533. The molecule has 0 aliphatic rings. The van der Waals surface area contributed by atoms with Crippen LogP contribution in [0.3, 0.4) is 0 Å². The first-order chi connectivity index (χ1) is 9.25. The fourth-order valence-corrected chi connectivity index (χ4v) is 1.56. The molecule has 0 fully saturated rings. The van der Waals surface area contributed by atoms with Gasteiger partial charge in [0.25, 0.3) is 5.91 Å². The number of carbonyl (C=O) groups excluding carboxylic acids is 1. The molecule has 20 heavy (non-hydrogen) atoms. The second kappa shape index (κ2) is 6.70. The van der Waals surface area contributed by atoms with Gasteiger partial charge in [0, 0.05) is 11.6 Å². The largest absolute Gasteiger partial charge is 0.481 e. The van der Waals surface area contributed by atoms with Crippen LogP contribution in [0.25, 0.3) is 0 Å². The molecule has 1 rings (SSSR count). The van der Waals surface area contributed by atoms with E-state index in [2.05, 4.69) is 5.32 Å². The average molecular weight is 282 g/mol. The minimum Gasteiger partial charge on any atom is -0.481 e. The summed E-state index contributed by atoms with van der Waals surface area (Å²) < 4.78 is 18.9. The van der Waals surface area contributed by atoms with Crippen molar-refractivity contribution in [3.8, 4) is 5.75 Å². The molecular formula is C15H23FN2O2. The first kappa shape index (κ1) is 16.4. The maximum absolute atomic E-state index is 13.8. The molecule has 0 bridgehead atoms. The fourth-order valence-electron chi connectivity index (χ4n) is 1.56. The van der Waals surface area contributed by atoms with Crippen molar-refractivity contribution < 1.29 is 13.9 Å². The number of nitrogens with one attached hydrogen (secondary N) is 1. The molecule has 0 unspecified atom stereocenters. The summed E-state index contributed by atoms with van der Waals surface area (Å²) in [4.78, 5) is 11.7. The lowest BCUT2D eigenvalue weighted by Gasteiger charge is -2.24. The number of rotatable bonds is 6. The van der Waals surface area contributed by atoms with Gasteiger partial charge in [-0.15, -0.1) is 0 Å². The van der Waals surface area contributed by atoms with E-state index in [4.69, 9.17) is 10.5 Å². The van der Waals surface area contributed by atoms with Crippen molar-refractivity contribution in [2.45, 2.75) is 45.7 Å². The monoisotopic (exact) mass is 282 g/mol. The second-order valence-corrected chi connectivity index (χ2v) is 5.55. The number of nitrogens with two attached hydrogens (primary N) is 1. The lowest BCUT2D eigenvalue weighted by Crippen LogP contribution is -2.44. The molecule has 0 heterocycles. The van der Waals surface area contributed by atoms with Gasteiger partial charge >= 0.3 is 0 Å². The smallest absolute Gasteiger partial charge is 0.258 e. The number of halogens is 1. The van der Waals surface area contributed by atoms with Gasteiger partial charge < -0.3 is 15.8 Å². The first-order valence-electron chi connectivity index (χ1n) is 6.74. The zero-order valence-corrected chi connectivity index (χ0v) is 12.5. The molecule has 0 spiro atoms. The van der Waals surface area contributed by atoms with E-state index >= 15 is 0 Å². The normalized spacial score (nSPS) is 12.9. The van der Waals surface area contributed by atoms with Crippen molar-refractivity contribution in [2.24, 2.45) is 5.73 Å². The van der Waals surface area contributed by atoms with Crippen LogP contribution in [-0.4, -0.2) is 18.1 Å². The van der Waals surface area contributed by atoms with Gasteiger partial charge in [-0.3, -0.25) is 4.79 Å². The molecule has 1 aromatic carbocycles. The van der Waals surface area contributed by atoms with Gasteiger partial charge in [-0.2, -0.15) is 0 Å². The summed E-state index contributed by atoms with van der Waals surface area (Å²) in [6.07, 6.45) is 0.802. The van der Waals surface area contributed by atoms with Crippen LogP contribution in [-0.2, 0) is 4.79 Å². The van der Waals surface area contributed by atoms with Gasteiger partial charge in [-0.25, -0.2) is 4.39 Å². The van der Waals surface area contributed by atoms with Crippen molar-refractivity contribution in [3.63, 3.8) is 0 Å². The Balaban J connectivity index is 2.60. The van der Waals surface area contributed by atoms with E-state index < -0.39 is 5.82 Å². The number of ether oxygens (including phenoxy) is 1. The Morgan fingerprint density at radius 2 is 2.15 bits per heavy atom. The molecule has 0 radical (unpaired) electrons. The predicted octanol–water partition coefficient (Wildman–Crippen LogP) is 2.53. The zero-order valence-electron chi connectivity index (χ0n) is 12.5. The molecule has 4 nitrogen and oxygen atoms in total. The number of hydrogen-bond donors (Lipinski definition) is 2. The Morgan fingerprint density at radius 1 is 1.50 bits per heavy atom. The van der Waals surface area contributed by atoms with Crippen molar-refractivity contribution in [3.05, 3.63) is 29.6 Å². The summed E-state index contributed by atoms with van der Waals surface area (Å²) in [5, 5.41) is 2.82. The van der Waals surface area contributed by atoms with E-state index in [0.29, 0.717) is 5.56 Å². The van der Waals surface area contributed by atoms with Crippen LogP contribution in [0, 0.1) is 5.82 Å². The lowest BCUT2D eigenvalue weighted by molar-refractivity contribution is -0.124. The third-order valence-corrected chi connectivity index (χ3v) is 3.20. The molecule has 1 amide bonds. The van der Waals surface area contributed by atoms with Crippen molar-refractivity contribution in [1.29, 1.82) is 0 Å². The highest BCUT2D eigenvalue weighted by Gasteiger charge is 2.18. The molecule has 112 valence electrons. The molecule has 0 aliphatic heterocycles. The van der Waals surface area contributed by atoms with Gasteiger partial charge in [0.15, 0.2) is 18.2 Å². The van der Waals surface area contributed by atoms with E-state index in [0.717, 1.165) is 6.42 Å². The van der Waals surface area contributed by atoms with Gasteiger partial charge in [-0.05, 0) is 44.9 Å². The van der Waals surface area contributed by atoms with Crippen LogP contribution in [0.2, 0.25) is 0 Å². The average Bonchev–Trinajstić information content (AvgIpc) is 2.36. The lowest BCUT2D eigenvalue weighted by atomic mass is 10.0. The molecule has 3 N–H and O–H groups in total. The van der Waals surface area contributed by atoms with E-state index in [9.17, 15) is 9.18 Å². The standard InChI is InChI=1S/C15H23FN2O2/c1-5-15(3,4)18-14(19)9-20-13-7-6-11(10(2)17)8-12(13)16/h6-8,10H,5,9,17H2,1-4H3,(H,18,19)/t10-/m1/s1. The predicted molar refractivity (Wildman–Crippen MR) is 77.0 cm³/mol. The quantitative estimate of drug-likeness (QED) is 0.842. The van der Waals surface area contributed by atoms with Gasteiger partial charge in [0.05, 0.1) is 0 Å². The summed E-state index contributed by atoms with van der Waals surface area (Å²) in [5.74, 6) is -0.728. The Bertz CT molecular complexity index is 473. The SMILES string of the molecule is CCC(C)(C)NC(=O)COc1ccc([C@@H](C)N)cc1F. The summed E-state index contributed by atoms with van der Waals surface area (Å²) in [6, 6.07) is 4.27. The molecular weight excluding hydrogens is 259 g/mol. The maximum atomic E-state index is 13.8. The summed E-state index contributed by atoms with van der Waals surface area (Å²) in [7, 11) is 0. The molecule has 1 atom stereocenters. The minimum atomic E-state index is -0.512. The van der Waals surface area contributed by atoms with Crippen LogP contribution in [0.5, 0.6) is 5.75 Å². The number of carbonyl (C=O) groups is 1. The maximum Gasteiger partial charge on any atom is 0.258 e. The molecule has 1 aromatic rings. The Labute approximate surface area is 119 Å². The number of hydrogen-bond acceptors (Lipinski definition) is 3. The zero-order chi connectivity index (χ0) is 15.3. The van der Waals surface area contributed by atoms with Gasteiger partial charge in [-0.1, -0.05) is 13.0 Å². The van der Waals surface area contributed by atoms with Crippen LogP contribution in [0.1, 0.15) is 45.7 Å². The van der Waals surface area contributed by atoms with Crippen molar-refractivity contribution in [2.75, 3.05) is 6.61 Å². The molecule has 0 aliphatic carbocycles. The Morgan fingerprint density at radius 3 is 2.65 bits per heavy atom. The van der Waals surface area contributed by atoms with E-state index in [1.807, 2.05) is 20.8 Å². The first-order valence-corrected chi connectivity index (χ1v) is 6.74. The highest BCUT2D eigenvalue weighted by Crippen LogP contribution is 2.21. The van der Waals surface area contributed by atoms with Crippen LogP contribution >= 0.6 is 0 Å². The highest BCUT2D eigenvalue weighted by molar-refractivity contribution is 5.78. The summed E-state index contributed by atoms with van der Waals surface area (Å²) in [6.45, 7) is 7.38. The van der Waals surface area contributed by atoms with Crippen LogP contribution in [0.15, 0.2) is 18.2 Å². The molecule has 5 heteroatoms. The summed E-state index contributed by atoms with van der Waals surface area (Å²) >= 11 is 0. The highest BCUT2D eigenvalue weighted by atomic mass is 19.1. The van der Waals surface area contributed by atoms with Gasteiger partial charge in [0.1, 0.15) is 0 Å². The second-order valence-electron chi connectivity index (χ2n) is 5.55. The minimum absolute atomic E-state index is 0.0545. The third-order valence-electron chi connectivity index (χ3n) is 3.20. The van der Waals surface area contributed by atoms with Crippen LogP contribution in [0.4, 0.5) is 4.39 Å².